The number of rotatable bonds is 2. The van der Waals surface area contributed by atoms with Crippen LogP contribution in [-0.4, -0.2) is 17.5 Å². The van der Waals surface area contributed by atoms with Crippen LogP contribution in [0.25, 0.3) is 0 Å². The van der Waals surface area contributed by atoms with Gasteiger partial charge >= 0.3 is 5.97 Å². The molecule has 0 aromatic heterocycles. The average molecular weight is 242 g/mol. The van der Waals surface area contributed by atoms with Crippen molar-refractivity contribution < 1.29 is 18.3 Å². The number of carbonyl (C=O) groups is 1. The molecule has 4 rings (SSSR count). The van der Waals surface area contributed by atoms with Gasteiger partial charge in [0.25, 0.3) is 5.92 Å². The first kappa shape index (κ1) is 11.2. The molecule has 4 heteroatoms. The molecular weight excluding hydrogens is 226 g/mol. The van der Waals surface area contributed by atoms with Crippen molar-refractivity contribution in [3.63, 3.8) is 0 Å². The van der Waals surface area contributed by atoms with E-state index in [-0.39, 0.29) is 0 Å². The Hall–Kier alpha value is -0.930. The van der Waals surface area contributed by atoms with Gasteiger partial charge in [0, 0.05) is 12.0 Å². The summed E-state index contributed by atoms with van der Waals surface area (Å²) in [6.07, 6.45) is 3.85. The molecule has 94 valence electrons. The van der Waals surface area contributed by atoms with Crippen LogP contribution in [0.5, 0.6) is 0 Å². The van der Waals surface area contributed by atoms with Crippen molar-refractivity contribution in [2.75, 3.05) is 0 Å². The zero-order valence-corrected chi connectivity index (χ0v) is 9.62. The maximum Gasteiger partial charge on any atom is 0.330 e. The van der Waals surface area contributed by atoms with E-state index in [1.165, 1.54) is 0 Å². The van der Waals surface area contributed by atoms with E-state index in [2.05, 4.69) is 6.58 Å². The molecule has 0 N–H and O–H groups in total. The highest BCUT2D eigenvalue weighted by atomic mass is 19.3. The van der Waals surface area contributed by atoms with Gasteiger partial charge in [-0.15, -0.1) is 0 Å². The zero-order valence-electron chi connectivity index (χ0n) is 9.62. The topological polar surface area (TPSA) is 26.3 Å². The van der Waals surface area contributed by atoms with Gasteiger partial charge in [0.15, 0.2) is 5.60 Å². The second-order valence-corrected chi connectivity index (χ2v) is 5.79. The van der Waals surface area contributed by atoms with Crippen molar-refractivity contribution in [1.29, 1.82) is 0 Å². The molecule has 0 saturated heterocycles. The van der Waals surface area contributed by atoms with Gasteiger partial charge in [0.1, 0.15) is 0 Å². The molecule has 4 aliphatic carbocycles. The third-order valence-electron chi connectivity index (χ3n) is 4.72. The maximum atomic E-state index is 14.3. The Balaban J connectivity index is 1.95. The molecule has 4 bridgehead atoms. The van der Waals surface area contributed by atoms with Crippen molar-refractivity contribution in [2.24, 2.45) is 17.8 Å². The van der Waals surface area contributed by atoms with Gasteiger partial charge in [-0.2, -0.15) is 0 Å². The van der Waals surface area contributed by atoms with Crippen LogP contribution in [0.1, 0.15) is 32.1 Å². The fourth-order valence-electron chi connectivity index (χ4n) is 4.24. The minimum atomic E-state index is -2.86. The standard InChI is InChI=1S/C13H16F2O2/c1-2-11(16)17-12-6-8-3-9(7-12)5-10(4-8)13(12,14)15/h2,8-10H,1,3-7H2. The van der Waals surface area contributed by atoms with Crippen LogP contribution in [-0.2, 0) is 9.53 Å². The summed E-state index contributed by atoms with van der Waals surface area (Å²) in [6, 6.07) is 0. The van der Waals surface area contributed by atoms with Gasteiger partial charge in [-0.05, 0) is 43.9 Å². The Labute approximate surface area is 99.0 Å². The lowest BCUT2D eigenvalue weighted by atomic mass is 9.52. The lowest BCUT2D eigenvalue weighted by Gasteiger charge is -2.59. The fraction of sp³-hybridized carbons (Fsp3) is 0.769. The molecule has 0 amide bonds. The second kappa shape index (κ2) is 3.30. The van der Waals surface area contributed by atoms with Crippen LogP contribution in [0.4, 0.5) is 8.78 Å². The Bertz CT molecular complexity index is 364. The van der Waals surface area contributed by atoms with Crippen molar-refractivity contribution in [1.82, 2.24) is 0 Å². The van der Waals surface area contributed by atoms with Crippen LogP contribution in [0.15, 0.2) is 12.7 Å². The summed E-state index contributed by atoms with van der Waals surface area (Å²) in [7, 11) is 0. The first-order valence-corrected chi connectivity index (χ1v) is 6.20. The van der Waals surface area contributed by atoms with Crippen molar-refractivity contribution in [3.05, 3.63) is 12.7 Å². The number of esters is 1. The maximum absolute atomic E-state index is 14.3. The smallest absolute Gasteiger partial charge is 0.330 e. The van der Waals surface area contributed by atoms with E-state index in [4.69, 9.17) is 4.74 Å². The molecule has 0 radical (unpaired) electrons. The van der Waals surface area contributed by atoms with Crippen LogP contribution in [0.2, 0.25) is 0 Å². The molecule has 4 fully saturated rings. The monoisotopic (exact) mass is 242 g/mol. The van der Waals surface area contributed by atoms with E-state index in [1.54, 1.807) is 0 Å². The number of ether oxygens (including phenoxy) is 1. The predicted octanol–water partition coefficient (Wildman–Crippen LogP) is 2.93. The largest absolute Gasteiger partial charge is 0.449 e. The van der Waals surface area contributed by atoms with Gasteiger partial charge in [-0.1, -0.05) is 6.58 Å². The van der Waals surface area contributed by atoms with Gasteiger partial charge in [0.05, 0.1) is 0 Å². The SMILES string of the molecule is C=CC(=O)OC12CC3CC(CC(C3)C1(F)F)C2. The fourth-order valence-corrected chi connectivity index (χ4v) is 4.24. The third-order valence-corrected chi connectivity index (χ3v) is 4.72. The lowest BCUT2D eigenvalue weighted by molar-refractivity contribution is -0.294. The number of alkyl halides is 2. The zero-order chi connectivity index (χ0) is 12.3. The molecule has 2 atom stereocenters. The average Bonchev–Trinajstić information content (AvgIpc) is 2.25. The number of halogens is 2. The van der Waals surface area contributed by atoms with E-state index in [0.717, 1.165) is 12.5 Å². The normalized spacial score (nSPS) is 45.6. The van der Waals surface area contributed by atoms with Gasteiger partial charge < -0.3 is 4.74 Å². The molecule has 17 heavy (non-hydrogen) atoms. The minimum Gasteiger partial charge on any atom is -0.449 e. The Morgan fingerprint density at radius 3 is 2.35 bits per heavy atom. The van der Waals surface area contributed by atoms with E-state index >= 15 is 0 Å². The van der Waals surface area contributed by atoms with Crippen molar-refractivity contribution >= 4 is 5.97 Å². The van der Waals surface area contributed by atoms with Crippen LogP contribution in [0.3, 0.4) is 0 Å². The van der Waals surface area contributed by atoms with Crippen LogP contribution >= 0.6 is 0 Å². The van der Waals surface area contributed by atoms with Crippen molar-refractivity contribution in [3.8, 4) is 0 Å². The third kappa shape index (κ3) is 1.39. The molecule has 2 unspecified atom stereocenters. The molecule has 0 aliphatic heterocycles. The first-order chi connectivity index (χ1) is 7.97. The first-order valence-electron chi connectivity index (χ1n) is 6.20. The predicted molar refractivity (Wildman–Crippen MR) is 57.5 cm³/mol. The molecule has 2 nitrogen and oxygen atoms in total. The molecule has 0 heterocycles. The number of hydrogen-bond acceptors (Lipinski definition) is 2. The van der Waals surface area contributed by atoms with E-state index in [1.807, 2.05) is 0 Å². The summed E-state index contributed by atoms with van der Waals surface area (Å²) < 4.78 is 33.8. The summed E-state index contributed by atoms with van der Waals surface area (Å²) in [5.74, 6) is -3.55. The van der Waals surface area contributed by atoms with Crippen LogP contribution < -0.4 is 0 Å². The summed E-state index contributed by atoms with van der Waals surface area (Å²) in [4.78, 5) is 11.3. The summed E-state index contributed by atoms with van der Waals surface area (Å²) in [6.45, 7) is 3.29. The van der Waals surface area contributed by atoms with Crippen LogP contribution in [0, 0.1) is 17.8 Å². The molecular formula is C13H16F2O2. The quantitative estimate of drug-likeness (QED) is 0.549. The molecule has 0 spiro atoms. The summed E-state index contributed by atoms with van der Waals surface area (Å²) in [5.41, 5.74) is -1.53. The van der Waals surface area contributed by atoms with E-state index in [9.17, 15) is 13.6 Å². The second-order valence-electron chi connectivity index (χ2n) is 5.79. The molecule has 0 aromatic rings. The Kier molecular flexibility index (Phi) is 2.17. The Morgan fingerprint density at radius 1 is 1.24 bits per heavy atom. The molecule has 0 aromatic carbocycles. The number of hydrogen-bond donors (Lipinski definition) is 0. The van der Waals surface area contributed by atoms with Crippen molar-refractivity contribution in [2.45, 2.75) is 43.6 Å². The summed E-state index contributed by atoms with van der Waals surface area (Å²) in [5, 5.41) is 0. The van der Waals surface area contributed by atoms with E-state index < -0.39 is 23.4 Å². The molecule has 4 saturated carbocycles. The molecule has 4 aliphatic rings. The highest BCUT2D eigenvalue weighted by Gasteiger charge is 2.70. The highest BCUT2D eigenvalue weighted by molar-refractivity contribution is 5.81. The Morgan fingerprint density at radius 2 is 1.82 bits per heavy atom. The van der Waals surface area contributed by atoms with Gasteiger partial charge in [0.2, 0.25) is 0 Å². The lowest BCUT2D eigenvalue weighted by Crippen LogP contribution is -2.66. The summed E-state index contributed by atoms with van der Waals surface area (Å²) >= 11 is 0. The number of carbonyl (C=O) groups excluding carboxylic acids is 1. The van der Waals surface area contributed by atoms with Gasteiger partial charge in [-0.25, -0.2) is 13.6 Å². The minimum absolute atomic E-state index is 0.310. The van der Waals surface area contributed by atoms with E-state index in [0.29, 0.717) is 37.5 Å². The van der Waals surface area contributed by atoms with Gasteiger partial charge in [-0.3, -0.25) is 0 Å². The highest BCUT2D eigenvalue weighted by Crippen LogP contribution is 2.63.